The lowest BCUT2D eigenvalue weighted by Crippen LogP contribution is -2.61. The smallest absolute Gasteiger partial charge is 0.305 e. The molecule has 0 spiro atoms. The van der Waals surface area contributed by atoms with Crippen molar-refractivity contribution in [3.8, 4) is 0 Å². The molecule has 0 saturated heterocycles. The topological polar surface area (TPSA) is 468 Å². The molecule has 4 rings (SSSR count). The molecule has 2 aromatic heterocycles. The van der Waals surface area contributed by atoms with Crippen LogP contribution in [-0.4, -0.2) is 158 Å². The molecule has 2 aromatic carbocycles. The number of fused-ring (bicyclic) bond motifs is 1. The highest BCUT2D eigenvalue weighted by atomic mass is 16.4. The number of aromatic amines is 2. The van der Waals surface area contributed by atoms with Crippen molar-refractivity contribution in [1.29, 1.82) is 0 Å². The number of H-pyrrole nitrogens is 2. The number of carbonyl (C=O) groups excluding carboxylic acids is 9. The number of carboxylic acid groups (broad SMARTS) is 1. The number of carboxylic acids is 1. The van der Waals surface area contributed by atoms with Crippen LogP contribution in [0.25, 0.3) is 10.9 Å². The number of primary amides is 1. The Balaban J connectivity index is 1.68. The van der Waals surface area contributed by atoms with Gasteiger partial charge in [0.15, 0.2) is 5.96 Å². The van der Waals surface area contributed by atoms with E-state index in [1.807, 2.05) is 18.2 Å². The minimum Gasteiger partial charge on any atom is -0.481 e. The number of rotatable bonds is 36. The normalized spacial score (nSPS) is 14.0. The minimum atomic E-state index is -1.85. The summed E-state index contributed by atoms with van der Waals surface area (Å²) in [6.45, 7) is 2.47. The van der Waals surface area contributed by atoms with Crippen LogP contribution in [0.3, 0.4) is 0 Å². The Hall–Kier alpha value is -8.92. The predicted molar refractivity (Wildman–Crippen MR) is 296 cm³/mol. The van der Waals surface area contributed by atoms with Gasteiger partial charge in [-0.2, -0.15) is 0 Å². The first kappa shape index (κ1) is 64.6. The molecule has 0 aliphatic carbocycles. The van der Waals surface area contributed by atoms with E-state index in [0.717, 1.165) is 17.8 Å². The van der Waals surface area contributed by atoms with Crippen LogP contribution in [0.4, 0.5) is 0 Å². The van der Waals surface area contributed by atoms with E-state index in [1.165, 1.54) is 12.5 Å². The lowest BCUT2D eigenvalue weighted by molar-refractivity contribution is -0.141. The molecule has 0 bridgehead atoms. The number of carbonyl (C=O) groups is 10. The fourth-order valence-electron chi connectivity index (χ4n) is 8.57. The Morgan fingerprint density at radius 3 is 1.67 bits per heavy atom. The predicted octanol–water partition coefficient (Wildman–Crippen LogP) is -2.86. The van der Waals surface area contributed by atoms with Crippen LogP contribution >= 0.6 is 0 Å². The fraction of sp³-hybridized carbons (Fsp3) is 0.472. The van der Waals surface area contributed by atoms with E-state index in [0.29, 0.717) is 49.0 Å². The Morgan fingerprint density at radius 1 is 0.593 bits per heavy atom. The summed E-state index contributed by atoms with van der Waals surface area (Å²) >= 11 is 0. The summed E-state index contributed by atoms with van der Waals surface area (Å²) in [5, 5.41) is 40.8. The Kier molecular flexibility index (Phi) is 26.7. The second kappa shape index (κ2) is 33.5. The van der Waals surface area contributed by atoms with E-state index < -0.39 is 120 Å². The first-order valence-electron chi connectivity index (χ1n) is 26.6. The second-order valence-electron chi connectivity index (χ2n) is 19.3. The van der Waals surface area contributed by atoms with Gasteiger partial charge in [0, 0.05) is 61.7 Å². The van der Waals surface area contributed by atoms with Crippen LogP contribution < -0.4 is 65.5 Å². The number of aliphatic hydroxyl groups is 1. The highest BCUT2D eigenvalue weighted by molar-refractivity contribution is 5.99. The van der Waals surface area contributed by atoms with Crippen molar-refractivity contribution in [3.63, 3.8) is 0 Å². The van der Waals surface area contributed by atoms with E-state index in [1.54, 1.807) is 49.5 Å². The standard InChI is InChI=1S/C53H76N16O12/c1-3-4-16-37(65-52(81)43(28-70)62-30(2)71)46(75)69-42(25-44(72)73)51(80)68-41(24-33-27-58-29-61-33)50(79)66-39(22-31-13-6-5-7-14-31)48(77)64-38(19-12-21-59-53(56)57)47(76)67-40(23-32-26-60-35-17-9-8-15-34(32)35)49(78)63-36(45(55)74)18-10-11-20-54/h5-9,13-15,17,26-27,29,36-43,60,70H,3-4,10-12,16,18-25,28,54H2,1-2H3,(H2,55,74)(H,58,61)(H,62,71)(H,63,78)(H,64,77)(H,65,81)(H,66,79)(H,67,76)(H,68,80)(H,69,75)(H,72,73)(H4,56,57,59)/t36-,37-,38-,39+,40-,41-,42-,43-/m0/s1. The lowest BCUT2D eigenvalue weighted by atomic mass is 10.0. The van der Waals surface area contributed by atoms with Gasteiger partial charge in [-0.25, -0.2) is 4.98 Å². The van der Waals surface area contributed by atoms with Crippen molar-refractivity contribution < 1.29 is 58.2 Å². The maximum atomic E-state index is 14.8. The number of aliphatic carboxylic acids is 1. The summed E-state index contributed by atoms with van der Waals surface area (Å²) < 4.78 is 0. The maximum absolute atomic E-state index is 14.8. The van der Waals surface area contributed by atoms with E-state index in [2.05, 4.69) is 62.5 Å². The summed E-state index contributed by atoms with van der Waals surface area (Å²) in [5.74, 6) is -9.74. The molecule has 0 saturated carbocycles. The molecule has 0 aliphatic rings. The van der Waals surface area contributed by atoms with Crippen LogP contribution in [0.15, 0.2) is 78.3 Å². The number of nitrogens with zero attached hydrogens (tertiary/aromatic N) is 2. The van der Waals surface area contributed by atoms with Crippen molar-refractivity contribution in [1.82, 2.24) is 57.5 Å². The average Bonchev–Trinajstić information content (AvgIpc) is 4.25. The first-order valence-corrected chi connectivity index (χ1v) is 26.6. The summed E-state index contributed by atoms with van der Waals surface area (Å²) in [6, 6.07) is 4.10. The number of amides is 9. The zero-order valence-electron chi connectivity index (χ0n) is 45.3. The van der Waals surface area contributed by atoms with Gasteiger partial charge < -0.3 is 85.6 Å². The van der Waals surface area contributed by atoms with Crippen molar-refractivity contribution in [2.75, 3.05) is 19.7 Å². The summed E-state index contributed by atoms with van der Waals surface area (Å²) in [6.07, 6.45) is 4.90. The lowest BCUT2D eigenvalue weighted by Gasteiger charge is -2.28. The van der Waals surface area contributed by atoms with Gasteiger partial charge in [-0.05, 0) is 62.3 Å². The van der Waals surface area contributed by atoms with Gasteiger partial charge in [-0.15, -0.1) is 0 Å². The number of benzene rings is 2. The van der Waals surface area contributed by atoms with Crippen LogP contribution in [0.1, 0.15) is 88.5 Å². The third-order valence-electron chi connectivity index (χ3n) is 12.8. The Bertz CT molecular complexity index is 2770. The van der Waals surface area contributed by atoms with E-state index in [9.17, 15) is 58.2 Å². The number of aliphatic hydroxyl groups excluding tert-OH is 1. The van der Waals surface area contributed by atoms with E-state index >= 15 is 0 Å². The molecule has 0 fully saturated rings. The number of nitrogens with one attached hydrogen (secondary N) is 10. The number of hydrogen-bond acceptors (Lipinski definition) is 14. The van der Waals surface area contributed by atoms with Crippen molar-refractivity contribution in [2.24, 2.45) is 27.9 Å². The molecule has 0 unspecified atom stereocenters. The first-order chi connectivity index (χ1) is 38.7. The summed E-state index contributed by atoms with van der Waals surface area (Å²) in [4.78, 5) is 150. The molecule has 28 heteroatoms. The molecule has 28 nitrogen and oxygen atoms in total. The molecule has 4 aromatic rings. The van der Waals surface area contributed by atoms with Gasteiger partial charge in [0.1, 0.15) is 48.3 Å². The third kappa shape index (κ3) is 22.0. The monoisotopic (exact) mass is 1130 g/mol. The molecule has 2 heterocycles. The number of para-hydroxylation sites is 1. The van der Waals surface area contributed by atoms with Gasteiger partial charge >= 0.3 is 5.97 Å². The molecular weight excluding hydrogens is 1050 g/mol. The van der Waals surface area contributed by atoms with Crippen molar-refractivity contribution in [3.05, 3.63) is 90.1 Å². The molecular formula is C53H76N16O12. The molecule has 8 atom stereocenters. The molecule has 20 N–H and O–H groups in total. The summed E-state index contributed by atoms with van der Waals surface area (Å²) in [7, 11) is 0. The summed E-state index contributed by atoms with van der Waals surface area (Å²) in [5.41, 5.74) is 24.8. The van der Waals surface area contributed by atoms with Crippen LogP contribution in [0, 0.1) is 0 Å². The quantitative estimate of drug-likeness (QED) is 0.0124. The largest absolute Gasteiger partial charge is 0.481 e. The number of imidazole rings is 1. The number of aliphatic imine (C=N–C) groups is 1. The van der Waals surface area contributed by atoms with Gasteiger partial charge in [0.2, 0.25) is 53.2 Å². The number of aromatic nitrogens is 3. The van der Waals surface area contributed by atoms with E-state index in [4.69, 9.17) is 22.9 Å². The van der Waals surface area contributed by atoms with E-state index in [-0.39, 0.29) is 57.5 Å². The molecule has 0 radical (unpaired) electrons. The highest BCUT2D eigenvalue weighted by Gasteiger charge is 2.36. The number of guanidine groups is 1. The average molecular weight is 1130 g/mol. The minimum absolute atomic E-state index is 0.0104. The molecule has 81 heavy (non-hydrogen) atoms. The zero-order valence-corrected chi connectivity index (χ0v) is 45.3. The number of nitrogens with two attached hydrogens (primary N) is 4. The van der Waals surface area contributed by atoms with Crippen molar-refractivity contribution >= 4 is 76.0 Å². The SMILES string of the molecule is CCCC[C@H](NC(=O)[C@H](CO)NC(C)=O)C(=O)N[C@@H](CC(=O)O)C(=O)N[C@@H](Cc1cnc[nH]1)C(=O)N[C@H](Cc1ccccc1)C(=O)N[C@@H](CCCN=C(N)N)C(=O)N[C@@H](Cc1c[nH]c2ccccc12)C(=O)N[C@@H](CCCCN)C(N)=O. The van der Waals surface area contributed by atoms with Gasteiger partial charge in [-0.3, -0.25) is 52.9 Å². The van der Waals surface area contributed by atoms with Gasteiger partial charge in [-0.1, -0.05) is 68.3 Å². The molecule has 440 valence electrons. The van der Waals surface area contributed by atoms with Gasteiger partial charge in [0.05, 0.1) is 19.4 Å². The van der Waals surface area contributed by atoms with Gasteiger partial charge in [0.25, 0.3) is 0 Å². The maximum Gasteiger partial charge on any atom is 0.305 e. The fourth-order valence-corrected chi connectivity index (χ4v) is 8.57. The molecule has 0 aliphatic heterocycles. The second-order valence-corrected chi connectivity index (χ2v) is 19.3. The molecule has 9 amide bonds. The van der Waals surface area contributed by atoms with Crippen LogP contribution in [0.5, 0.6) is 0 Å². The Labute approximate surface area is 467 Å². The Morgan fingerprint density at radius 2 is 1.11 bits per heavy atom. The number of hydrogen-bond donors (Lipinski definition) is 16. The number of unbranched alkanes of at least 4 members (excludes halogenated alkanes) is 2. The van der Waals surface area contributed by atoms with Crippen LogP contribution in [-0.2, 0) is 67.2 Å². The highest BCUT2D eigenvalue weighted by Crippen LogP contribution is 2.20. The van der Waals surface area contributed by atoms with Crippen molar-refractivity contribution in [2.45, 2.75) is 139 Å². The third-order valence-corrected chi connectivity index (χ3v) is 12.8. The zero-order chi connectivity index (χ0) is 59.4. The van der Waals surface area contributed by atoms with Crippen LogP contribution in [0.2, 0.25) is 0 Å².